The van der Waals surface area contributed by atoms with Gasteiger partial charge in [0.25, 0.3) is 0 Å². The number of anilines is 1. The van der Waals surface area contributed by atoms with Crippen LogP contribution in [0.4, 0.5) is 5.82 Å². The minimum atomic E-state index is 0.226. The second kappa shape index (κ2) is 6.03. The van der Waals surface area contributed by atoms with Crippen LogP contribution in [0.2, 0.25) is 0 Å². The minimum absolute atomic E-state index is 0.226. The van der Waals surface area contributed by atoms with Gasteiger partial charge in [0.05, 0.1) is 24.4 Å². The van der Waals surface area contributed by atoms with Crippen LogP contribution in [0.5, 0.6) is 5.75 Å². The highest BCUT2D eigenvalue weighted by molar-refractivity contribution is 5.71. The van der Waals surface area contributed by atoms with Crippen molar-refractivity contribution in [3.8, 4) is 17.0 Å². The number of rotatable bonds is 2. The van der Waals surface area contributed by atoms with Crippen LogP contribution in [-0.2, 0) is 4.74 Å². The van der Waals surface area contributed by atoms with E-state index in [2.05, 4.69) is 20.4 Å². The highest BCUT2D eigenvalue weighted by atomic mass is 16.5. The van der Waals surface area contributed by atoms with Gasteiger partial charge in [-0.15, -0.1) is 10.2 Å². The monoisotopic (exact) mass is 326 g/mol. The lowest BCUT2D eigenvalue weighted by Crippen LogP contribution is -2.47. The molecule has 1 aromatic heterocycles. The zero-order chi connectivity index (χ0) is 16.7. The van der Waals surface area contributed by atoms with E-state index in [0.717, 1.165) is 48.7 Å². The Kier molecular flexibility index (Phi) is 3.86. The number of aromatic hydroxyl groups is 1. The molecule has 24 heavy (non-hydrogen) atoms. The molecule has 2 fully saturated rings. The number of hydrogen-bond donors (Lipinski definition) is 2. The number of morpholine rings is 1. The average Bonchev–Trinajstić information content (AvgIpc) is 2.98. The van der Waals surface area contributed by atoms with Crippen molar-refractivity contribution >= 4 is 5.82 Å². The summed E-state index contributed by atoms with van der Waals surface area (Å²) in [6.45, 7) is 7.34. The molecule has 0 saturated carbocycles. The topological polar surface area (TPSA) is 70.5 Å². The average molecular weight is 326 g/mol. The maximum atomic E-state index is 10.2. The number of fused-ring (bicyclic) bond motifs is 1. The lowest BCUT2D eigenvalue weighted by Gasteiger charge is -2.25. The molecule has 6 nitrogen and oxygen atoms in total. The Morgan fingerprint density at radius 2 is 2.08 bits per heavy atom. The van der Waals surface area contributed by atoms with Crippen LogP contribution in [0, 0.1) is 13.8 Å². The number of aromatic nitrogens is 2. The summed E-state index contributed by atoms with van der Waals surface area (Å²) in [6.07, 6.45) is 0.226. The first-order chi connectivity index (χ1) is 11.6. The normalized spacial score (nSPS) is 23.3. The molecular formula is C18H22N4O2. The third-order valence-electron chi connectivity index (χ3n) is 4.80. The van der Waals surface area contributed by atoms with Crippen molar-refractivity contribution in [3.05, 3.63) is 35.4 Å². The van der Waals surface area contributed by atoms with Gasteiger partial charge in [-0.25, -0.2) is 0 Å². The zero-order valence-corrected chi connectivity index (χ0v) is 14.0. The molecule has 3 heterocycles. The van der Waals surface area contributed by atoms with Gasteiger partial charge in [-0.3, -0.25) is 0 Å². The van der Waals surface area contributed by atoms with Crippen molar-refractivity contribution in [2.45, 2.75) is 26.0 Å². The summed E-state index contributed by atoms with van der Waals surface area (Å²) in [7, 11) is 0. The molecule has 0 amide bonds. The van der Waals surface area contributed by atoms with Crippen molar-refractivity contribution in [1.29, 1.82) is 0 Å². The van der Waals surface area contributed by atoms with E-state index < -0.39 is 0 Å². The van der Waals surface area contributed by atoms with Crippen LogP contribution < -0.4 is 10.2 Å². The summed E-state index contributed by atoms with van der Waals surface area (Å²) in [6, 6.07) is 8.06. The molecule has 2 saturated heterocycles. The van der Waals surface area contributed by atoms with E-state index in [1.165, 1.54) is 0 Å². The molecule has 0 aliphatic carbocycles. The lowest BCUT2D eigenvalue weighted by molar-refractivity contribution is 0.0212. The van der Waals surface area contributed by atoms with Gasteiger partial charge >= 0.3 is 0 Å². The molecule has 0 radical (unpaired) electrons. The predicted octanol–water partition coefficient (Wildman–Crippen LogP) is 1.64. The molecule has 1 aromatic carbocycles. The summed E-state index contributed by atoms with van der Waals surface area (Å²) in [5.74, 6) is 1.10. The Hall–Kier alpha value is -2.18. The van der Waals surface area contributed by atoms with Gasteiger partial charge in [-0.05, 0) is 43.2 Å². The first-order valence-corrected chi connectivity index (χ1v) is 8.36. The predicted molar refractivity (Wildman–Crippen MR) is 92.4 cm³/mol. The zero-order valence-electron chi connectivity index (χ0n) is 14.0. The number of phenolic OH excluding ortho intramolecular Hbond substituents is 1. The molecule has 2 aromatic rings. The van der Waals surface area contributed by atoms with Crippen LogP contribution in [0.15, 0.2) is 24.3 Å². The summed E-state index contributed by atoms with van der Waals surface area (Å²) >= 11 is 0. The van der Waals surface area contributed by atoms with Gasteiger partial charge in [0.15, 0.2) is 5.82 Å². The number of nitrogens with zero attached hydrogens (tertiary/aromatic N) is 3. The van der Waals surface area contributed by atoms with E-state index in [1.54, 1.807) is 6.07 Å². The quantitative estimate of drug-likeness (QED) is 0.874. The molecule has 2 aliphatic heterocycles. The molecular weight excluding hydrogens is 304 g/mol. The Morgan fingerprint density at radius 1 is 1.21 bits per heavy atom. The van der Waals surface area contributed by atoms with E-state index in [4.69, 9.17) is 4.74 Å². The first-order valence-electron chi connectivity index (χ1n) is 8.36. The Bertz CT molecular complexity index is 710. The molecule has 126 valence electrons. The van der Waals surface area contributed by atoms with Crippen LogP contribution >= 0.6 is 0 Å². The molecule has 2 atom stereocenters. The number of hydrogen-bond acceptors (Lipinski definition) is 6. The fourth-order valence-corrected chi connectivity index (χ4v) is 3.69. The number of ether oxygens (including phenoxy) is 1. The van der Waals surface area contributed by atoms with Gasteiger partial charge in [-0.2, -0.15) is 0 Å². The van der Waals surface area contributed by atoms with Crippen molar-refractivity contribution in [2.75, 3.05) is 31.1 Å². The minimum Gasteiger partial charge on any atom is -0.507 e. The number of nitrogens with one attached hydrogen (secondary N) is 1. The van der Waals surface area contributed by atoms with Crippen LogP contribution in [0.25, 0.3) is 11.3 Å². The highest BCUT2D eigenvalue weighted by Crippen LogP contribution is 2.32. The Morgan fingerprint density at radius 3 is 2.79 bits per heavy atom. The van der Waals surface area contributed by atoms with Crippen molar-refractivity contribution < 1.29 is 9.84 Å². The number of aryl methyl sites for hydroxylation is 2. The second-order valence-corrected chi connectivity index (χ2v) is 6.63. The van der Waals surface area contributed by atoms with Crippen LogP contribution in [-0.4, -0.2) is 53.7 Å². The van der Waals surface area contributed by atoms with E-state index >= 15 is 0 Å². The van der Waals surface area contributed by atoms with Crippen molar-refractivity contribution in [2.24, 2.45) is 0 Å². The smallest absolute Gasteiger partial charge is 0.151 e. The SMILES string of the molecule is Cc1cc(C)c(-c2ccc(N3C[C@@H]4NCCO[C@H]4C3)nn2)c(O)c1. The Balaban J connectivity index is 1.58. The summed E-state index contributed by atoms with van der Waals surface area (Å²) in [5.41, 5.74) is 3.48. The first kappa shape index (κ1) is 15.4. The van der Waals surface area contributed by atoms with Crippen LogP contribution in [0.3, 0.4) is 0 Å². The molecule has 0 spiro atoms. The molecule has 4 rings (SSSR count). The second-order valence-electron chi connectivity index (χ2n) is 6.63. The Labute approximate surface area is 141 Å². The van der Waals surface area contributed by atoms with Gasteiger partial charge < -0.3 is 20.1 Å². The fraction of sp³-hybridized carbons (Fsp3) is 0.444. The number of benzene rings is 1. The number of phenols is 1. The van der Waals surface area contributed by atoms with E-state index in [9.17, 15) is 5.11 Å². The molecule has 0 bridgehead atoms. The molecule has 2 N–H and O–H groups in total. The molecule has 2 aliphatic rings. The highest BCUT2D eigenvalue weighted by Gasteiger charge is 2.36. The van der Waals surface area contributed by atoms with E-state index in [0.29, 0.717) is 11.7 Å². The lowest BCUT2D eigenvalue weighted by atomic mass is 10.0. The van der Waals surface area contributed by atoms with Gasteiger partial charge in [-0.1, -0.05) is 6.07 Å². The van der Waals surface area contributed by atoms with Crippen molar-refractivity contribution in [1.82, 2.24) is 15.5 Å². The summed E-state index contributed by atoms with van der Waals surface area (Å²) < 4.78 is 5.80. The van der Waals surface area contributed by atoms with Gasteiger partial charge in [0, 0.05) is 25.2 Å². The molecule has 0 unspecified atom stereocenters. The van der Waals surface area contributed by atoms with E-state index in [-0.39, 0.29) is 11.9 Å². The maximum Gasteiger partial charge on any atom is 0.151 e. The summed E-state index contributed by atoms with van der Waals surface area (Å²) in [4.78, 5) is 2.20. The standard InChI is InChI=1S/C18H22N4O2/c1-11-7-12(2)18(15(23)8-11)13-3-4-17(21-20-13)22-9-14-16(10-22)24-6-5-19-14/h3-4,7-8,14,16,19,23H,5-6,9-10H2,1-2H3/t14-,16-/m0/s1. The van der Waals surface area contributed by atoms with Gasteiger partial charge in [0.1, 0.15) is 5.75 Å². The molecule has 6 heteroatoms. The third kappa shape index (κ3) is 2.72. The van der Waals surface area contributed by atoms with Crippen molar-refractivity contribution in [3.63, 3.8) is 0 Å². The maximum absolute atomic E-state index is 10.2. The largest absolute Gasteiger partial charge is 0.507 e. The van der Waals surface area contributed by atoms with Crippen LogP contribution in [0.1, 0.15) is 11.1 Å². The van der Waals surface area contributed by atoms with E-state index in [1.807, 2.05) is 32.0 Å². The summed E-state index contributed by atoms with van der Waals surface area (Å²) in [5, 5.41) is 22.5. The fourth-order valence-electron chi connectivity index (χ4n) is 3.69. The third-order valence-corrected chi connectivity index (χ3v) is 4.80. The van der Waals surface area contributed by atoms with Gasteiger partial charge in [0.2, 0.25) is 0 Å².